The zero-order chi connectivity index (χ0) is 18.5. The van der Waals surface area contributed by atoms with Crippen molar-refractivity contribution in [3.63, 3.8) is 0 Å². The minimum atomic E-state index is -0.209. The Morgan fingerprint density at radius 2 is 2.08 bits per heavy atom. The molecule has 1 N–H and O–H groups in total. The molecular weight excluding hydrogens is 330 g/mol. The highest BCUT2D eigenvalue weighted by molar-refractivity contribution is 5.75. The first-order valence-electron chi connectivity index (χ1n) is 9.07. The number of amides is 2. The Hall–Kier alpha value is -2.41. The molecule has 1 aromatic carbocycles. The molecule has 2 aromatic rings. The molecule has 26 heavy (non-hydrogen) atoms. The fraction of sp³-hybridized carbons (Fsp3) is 0.526. The van der Waals surface area contributed by atoms with E-state index in [0.717, 1.165) is 31.6 Å². The fourth-order valence-electron chi connectivity index (χ4n) is 3.48. The summed E-state index contributed by atoms with van der Waals surface area (Å²) in [6.07, 6.45) is 4.39. The van der Waals surface area contributed by atoms with Crippen molar-refractivity contribution in [2.75, 3.05) is 20.8 Å². The summed E-state index contributed by atoms with van der Waals surface area (Å²) in [6.45, 7) is 3.39. The van der Waals surface area contributed by atoms with Crippen LogP contribution in [0.15, 0.2) is 30.6 Å². The Bertz CT molecular complexity index is 720. The number of likely N-dealkylation sites (N-methyl/N-ethyl adjacent to an activating group) is 1. The summed E-state index contributed by atoms with van der Waals surface area (Å²) >= 11 is 0. The molecule has 0 saturated heterocycles. The summed E-state index contributed by atoms with van der Waals surface area (Å²) in [7, 11) is 3.55. The van der Waals surface area contributed by atoms with Crippen LogP contribution in [0.1, 0.15) is 36.3 Å². The number of urea groups is 1. The maximum absolute atomic E-state index is 12.7. The summed E-state index contributed by atoms with van der Waals surface area (Å²) in [5.74, 6) is 0.762. The van der Waals surface area contributed by atoms with Crippen LogP contribution in [-0.2, 0) is 24.1 Å². The second-order valence-electron chi connectivity index (χ2n) is 6.84. The van der Waals surface area contributed by atoms with Crippen LogP contribution in [0.4, 0.5) is 4.79 Å². The number of methoxy groups -OCH3 is 1. The first-order chi connectivity index (χ1) is 12.6. The number of hydrogen-bond acceptors (Lipinski definition) is 4. The van der Waals surface area contributed by atoms with Crippen LogP contribution in [0.3, 0.4) is 0 Å². The lowest BCUT2D eigenvalue weighted by atomic mass is 10.1. The van der Waals surface area contributed by atoms with Gasteiger partial charge in [0.1, 0.15) is 6.33 Å². The second-order valence-corrected chi connectivity index (χ2v) is 6.84. The molecule has 0 spiro atoms. The van der Waals surface area contributed by atoms with E-state index >= 15 is 0 Å². The summed E-state index contributed by atoms with van der Waals surface area (Å²) < 4.78 is 7.06. The average Bonchev–Trinajstić information content (AvgIpc) is 3.27. The SMILES string of the molecule is COCCCn1cnnc1[C@@H](C)NC(=O)N(C)C1Cc2ccccc2C1. The molecule has 3 rings (SSSR count). The van der Waals surface area contributed by atoms with E-state index in [-0.39, 0.29) is 18.1 Å². The van der Waals surface area contributed by atoms with E-state index in [1.807, 2.05) is 23.4 Å². The van der Waals surface area contributed by atoms with Crippen LogP contribution >= 0.6 is 0 Å². The molecule has 0 saturated carbocycles. The highest BCUT2D eigenvalue weighted by Gasteiger charge is 2.28. The lowest BCUT2D eigenvalue weighted by Gasteiger charge is -2.26. The smallest absolute Gasteiger partial charge is 0.317 e. The number of benzene rings is 1. The van der Waals surface area contributed by atoms with E-state index in [0.29, 0.717) is 6.61 Å². The number of rotatable bonds is 7. The van der Waals surface area contributed by atoms with Crippen LogP contribution in [0.5, 0.6) is 0 Å². The molecule has 1 atom stereocenters. The number of aryl methyl sites for hydroxylation is 1. The van der Waals surface area contributed by atoms with Crippen LogP contribution in [0.2, 0.25) is 0 Å². The number of ether oxygens (including phenoxy) is 1. The van der Waals surface area contributed by atoms with Gasteiger partial charge in [0, 0.05) is 33.4 Å². The topological polar surface area (TPSA) is 72.3 Å². The molecule has 7 nitrogen and oxygen atoms in total. The van der Waals surface area contributed by atoms with E-state index in [2.05, 4.69) is 39.8 Å². The minimum absolute atomic E-state index is 0.0817. The molecule has 0 bridgehead atoms. The zero-order valence-corrected chi connectivity index (χ0v) is 15.7. The number of carbonyl (C=O) groups excluding carboxylic acids is 1. The number of nitrogens with zero attached hydrogens (tertiary/aromatic N) is 4. The van der Waals surface area contributed by atoms with Crippen molar-refractivity contribution in [2.45, 2.75) is 44.8 Å². The van der Waals surface area contributed by atoms with Gasteiger partial charge < -0.3 is 19.5 Å². The summed E-state index contributed by atoms with van der Waals surface area (Å²) in [4.78, 5) is 14.5. The molecule has 0 radical (unpaired) electrons. The first kappa shape index (κ1) is 18.4. The Kier molecular flexibility index (Phi) is 5.88. The van der Waals surface area contributed by atoms with Gasteiger partial charge in [0.15, 0.2) is 5.82 Å². The molecule has 1 aromatic heterocycles. The van der Waals surface area contributed by atoms with Gasteiger partial charge in [0.2, 0.25) is 0 Å². The van der Waals surface area contributed by atoms with Gasteiger partial charge in [-0.1, -0.05) is 24.3 Å². The van der Waals surface area contributed by atoms with Crippen LogP contribution in [0, 0.1) is 0 Å². The van der Waals surface area contributed by atoms with Gasteiger partial charge in [0.05, 0.1) is 6.04 Å². The molecule has 1 aliphatic rings. The van der Waals surface area contributed by atoms with Gasteiger partial charge in [0.25, 0.3) is 0 Å². The predicted octanol–water partition coefficient (Wildman–Crippen LogP) is 2.18. The van der Waals surface area contributed by atoms with Gasteiger partial charge in [-0.15, -0.1) is 10.2 Å². The highest BCUT2D eigenvalue weighted by atomic mass is 16.5. The summed E-state index contributed by atoms with van der Waals surface area (Å²) in [5, 5.41) is 11.2. The Morgan fingerprint density at radius 1 is 1.38 bits per heavy atom. The molecular formula is C19H27N5O2. The van der Waals surface area contributed by atoms with Crippen molar-refractivity contribution in [2.24, 2.45) is 0 Å². The molecule has 0 aliphatic heterocycles. The van der Waals surface area contributed by atoms with E-state index in [1.165, 1.54) is 11.1 Å². The summed E-state index contributed by atoms with van der Waals surface area (Å²) in [6, 6.07) is 8.30. The monoisotopic (exact) mass is 357 g/mol. The van der Waals surface area contributed by atoms with Crippen molar-refractivity contribution in [3.05, 3.63) is 47.5 Å². The van der Waals surface area contributed by atoms with E-state index in [4.69, 9.17) is 4.74 Å². The number of hydrogen-bond donors (Lipinski definition) is 1. The van der Waals surface area contributed by atoms with E-state index in [9.17, 15) is 4.79 Å². The van der Waals surface area contributed by atoms with Crippen LogP contribution in [0.25, 0.3) is 0 Å². The molecule has 0 unspecified atom stereocenters. The standard InChI is InChI=1S/C19H27N5O2/c1-14(18-22-20-13-24(18)9-6-10-26-3)21-19(25)23(2)17-11-15-7-4-5-8-16(15)12-17/h4-5,7-8,13-14,17H,6,9-12H2,1-3H3,(H,21,25)/t14-/m1/s1. The quantitative estimate of drug-likeness (QED) is 0.771. The first-order valence-corrected chi connectivity index (χ1v) is 9.07. The number of fused-ring (bicyclic) bond motifs is 1. The maximum atomic E-state index is 12.7. The highest BCUT2D eigenvalue weighted by Crippen LogP contribution is 2.25. The fourth-order valence-corrected chi connectivity index (χ4v) is 3.48. The van der Waals surface area contributed by atoms with Gasteiger partial charge in [-0.05, 0) is 37.3 Å². The van der Waals surface area contributed by atoms with Crippen molar-refractivity contribution in [1.29, 1.82) is 0 Å². The Morgan fingerprint density at radius 3 is 2.73 bits per heavy atom. The Balaban J connectivity index is 1.57. The predicted molar refractivity (Wildman–Crippen MR) is 98.9 cm³/mol. The van der Waals surface area contributed by atoms with Crippen molar-refractivity contribution >= 4 is 6.03 Å². The van der Waals surface area contributed by atoms with Crippen molar-refractivity contribution in [1.82, 2.24) is 25.0 Å². The van der Waals surface area contributed by atoms with E-state index in [1.54, 1.807) is 13.4 Å². The third kappa shape index (κ3) is 4.04. The van der Waals surface area contributed by atoms with Crippen molar-refractivity contribution < 1.29 is 9.53 Å². The van der Waals surface area contributed by atoms with Gasteiger partial charge >= 0.3 is 6.03 Å². The van der Waals surface area contributed by atoms with Gasteiger partial charge in [-0.25, -0.2) is 4.79 Å². The molecule has 140 valence electrons. The largest absolute Gasteiger partial charge is 0.385 e. The number of aromatic nitrogens is 3. The van der Waals surface area contributed by atoms with Gasteiger partial charge in [-0.3, -0.25) is 0 Å². The van der Waals surface area contributed by atoms with Crippen LogP contribution in [-0.4, -0.2) is 52.5 Å². The molecule has 1 aliphatic carbocycles. The third-order valence-corrected chi connectivity index (χ3v) is 5.02. The normalized spacial score (nSPS) is 14.9. The lowest BCUT2D eigenvalue weighted by molar-refractivity contribution is 0.186. The average molecular weight is 357 g/mol. The minimum Gasteiger partial charge on any atom is -0.385 e. The zero-order valence-electron chi connectivity index (χ0n) is 15.7. The molecule has 1 heterocycles. The summed E-state index contributed by atoms with van der Waals surface area (Å²) in [5.41, 5.74) is 2.67. The lowest BCUT2D eigenvalue weighted by Crippen LogP contribution is -2.45. The number of nitrogens with one attached hydrogen (secondary N) is 1. The van der Waals surface area contributed by atoms with Gasteiger partial charge in [-0.2, -0.15) is 0 Å². The van der Waals surface area contributed by atoms with Crippen LogP contribution < -0.4 is 5.32 Å². The molecule has 7 heteroatoms. The Labute approximate surface area is 154 Å². The second kappa shape index (κ2) is 8.31. The molecule has 2 amide bonds. The molecule has 0 fully saturated rings. The maximum Gasteiger partial charge on any atom is 0.317 e. The van der Waals surface area contributed by atoms with Crippen molar-refractivity contribution in [3.8, 4) is 0 Å². The third-order valence-electron chi connectivity index (χ3n) is 5.02. The number of carbonyl (C=O) groups is 1. The van der Waals surface area contributed by atoms with E-state index < -0.39 is 0 Å².